The molecule has 2 aliphatic carbocycles. The molecular formula is C20H24O9. The largest absolute Gasteiger partial charge is 0.459 e. The number of rotatable bonds is 0. The van der Waals surface area contributed by atoms with Gasteiger partial charge in [0.1, 0.15) is 18.3 Å². The predicted molar refractivity (Wildman–Crippen MR) is 90.6 cm³/mol. The molecule has 4 heterocycles. The molecule has 6 aliphatic rings. The van der Waals surface area contributed by atoms with Crippen molar-refractivity contribution in [3.05, 3.63) is 0 Å². The summed E-state index contributed by atoms with van der Waals surface area (Å²) in [4.78, 5) is 38.1. The molecular weight excluding hydrogens is 384 g/mol. The predicted octanol–water partition coefficient (Wildman–Crippen LogP) is -0.484. The van der Waals surface area contributed by atoms with Crippen molar-refractivity contribution in [3.63, 3.8) is 0 Å². The summed E-state index contributed by atoms with van der Waals surface area (Å²) in [5.74, 6) is -3.87. The molecule has 9 heteroatoms. The van der Waals surface area contributed by atoms with E-state index in [0.29, 0.717) is 6.42 Å². The van der Waals surface area contributed by atoms with Crippen molar-refractivity contribution in [2.24, 2.45) is 34.0 Å². The minimum Gasteiger partial charge on any atom is -0.459 e. The van der Waals surface area contributed by atoms with Crippen molar-refractivity contribution >= 4 is 17.9 Å². The Hall–Kier alpha value is -1.71. The van der Waals surface area contributed by atoms with Gasteiger partial charge in [0.25, 0.3) is 0 Å². The average Bonchev–Trinajstić information content (AvgIpc) is 3.34. The molecule has 2 N–H and O–H groups in total. The molecule has 158 valence electrons. The van der Waals surface area contributed by atoms with Crippen LogP contribution in [0.25, 0.3) is 0 Å². The Morgan fingerprint density at radius 2 is 1.72 bits per heavy atom. The van der Waals surface area contributed by atoms with Gasteiger partial charge in [-0.05, 0) is 17.8 Å². The molecule has 11 atom stereocenters. The molecule has 6 rings (SSSR count). The Bertz CT molecular complexity index is 878. The van der Waals surface area contributed by atoms with Gasteiger partial charge in [0, 0.05) is 0 Å². The zero-order valence-electron chi connectivity index (χ0n) is 16.6. The van der Waals surface area contributed by atoms with Crippen LogP contribution in [0, 0.1) is 34.0 Å². The zero-order chi connectivity index (χ0) is 20.9. The number of fused-ring (bicyclic) bond motifs is 1. The first-order valence-corrected chi connectivity index (χ1v) is 10.1. The summed E-state index contributed by atoms with van der Waals surface area (Å²) in [6, 6.07) is 0. The van der Waals surface area contributed by atoms with Crippen LogP contribution in [0.2, 0.25) is 0 Å². The Balaban J connectivity index is 1.69. The molecule has 4 saturated heterocycles. The fourth-order valence-corrected chi connectivity index (χ4v) is 8.13. The molecule has 4 aliphatic heterocycles. The summed E-state index contributed by atoms with van der Waals surface area (Å²) in [7, 11) is 0. The molecule has 6 fully saturated rings. The van der Waals surface area contributed by atoms with E-state index in [-0.39, 0.29) is 5.92 Å². The van der Waals surface area contributed by atoms with E-state index >= 15 is 0 Å². The van der Waals surface area contributed by atoms with Gasteiger partial charge in [-0.25, -0.2) is 9.59 Å². The van der Waals surface area contributed by atoms with Crippen molar-refractivity contribution in [1.82, 2.24) is 0 Å². The van der Waals surface area contributed by atoms with E-state index in [1.165, 1.54) is 0 Å². The molecule has 0 aromatic carbocycles. The highest BCUT2D eigenvalue weighted by Gasteiger charge is 3.00. The third kappa shape index (κ3) is 1.40. The van der Waals surface area contributed by atoms with Gasteiger partial charge in [0.2, 0.25) is 6.29 Å². The maximum Gasteiger partial charge on any atom is 0.340 e. The second kappa shape index (κ2) is 4.63. The van der Waals surface area contributed by atoms with Crippen LogP contribution in [-0.4, -0.2) is 64.4 Å². The highest BCUT2D eigenvalue weighted by molar-refractivity contribution is 5.92. The molecule has 9 nitrogen and oxygen atoms in total. The van der Waals surface area contributed by atoms with Gasteiger partial charge in [0.05, 0.1) is 22.7 Å². The quantitative estimate of drug-likeness (QED) is 0.403. The van der Waals surface area contributed by atoms with Crippen molar-refractivity contribution in [2.45, 2.75) is 70.4 Å². The molecule has 2 saturated carbocycles. The van der Waals surface area contributed by atoms with Gasteiger partial charge in [-0.2, -0.15) is 0 Å². The van der Waals surface area contributed by atoms with E-state index in [4.69, 9.17) is 18.9 Å². The van der Waals surface area contributed by atoms with E-state index < -0.39 is 82.3 Å². The van der Waals surface area contributed by atoms with Gasteiger partial charge in [-0.1, -0.05) is 27.7 Å². The van der Waals surface area contributed by atoms with E-state index in [2.05, 4.69) is 0 Å². The number of hydrogen-bond donors (Lipinski definition) is 2. The van der Waals surface area contributed by atoms with Crippen LogP contribution < -0.4 is 0 Å². The van der Waals surface area contributed by atoms with Crippen LogP contribution in [0.5, 0.6) is 0 Å². The Morgan fingerprint density at radius 3 is 2.38 bits per heavy atom. The first-order chi connectivity index (χ1) is 13.5. The molecule has 0 radical (unpaired) electrons. The molecule has 0 aromatic rings. The number of hydrogen-bond acceptors (Lipinski definition) is 9. The number of esters is 3. The monoisotopic (exact) mass is 408 g/mol. The number of aliphatic hydroxyl groups excluding tert-OH is 2. The Kier molecular flexibility index (Phi) is 2.89. The fourth-order valence-electron chi connectivity index (χ4n) is 8.13. The molecule has 2 spiro atoms. The fraction of sp³-hybridized carbons (Fsp3) is 0.850. The normalized spacial score (nSPS) is 59.2. The third-order valence-corrected chi connectivity index (χ3v) is 8.81. The van der Waals surface area contributed by atoms with Crippen molar-refractivity contribution in [1.29, 1.82) is 0 Å². The molecule has 29 heavy (non-hydrogen) atoms. The average molecular weight is 408 g/mol. The second-order valence-corrected chi connectivity index (χ2v) is 10.5. The minimum atomic E-state index is -1.71. The van der Waals surface area contributed by atoms with Crippen molar-refractivity contribution in [2.75, 3.05) is 0 Å². The maximum absolute atomic E-state index is 13.3. The first kappa shape index (κ1) is 18.1. The number of carbonyl (C=O) groups excluding carboxylic acids is 3. The molecule has 0 aromatic heterocycles. The van der Waals surface area contributed by atoms with Gasteiger partial charge in [-0.15, -0.1) is 0 Å². The highest BCUT2D eigenvalue weighted by atomic mass is 16.7. The van der Waals surface area contributed by atoms with Gasteiger partial charge in [0.15, 0.2) is 11.7 Å². The molecule has 0 bridgehead atoms. The summed E-state index contributed by atoms with van der Waals surface area (Å²) in [5.41, 5.74) is -4.94. The maximum atomic E-state index is 13.3. The standard InChI is InChI=1S/C20H24O9/c1-6-9-10(27-13(6)23)11(21)19-8-5-7(17(2,3)4)18(19)12(22)14(24)28-16(18)29-20(9,19)15(25)26-8/h6-12,16,21-22H,5H2,1-4H3/t6-,7?,8+,9-,10+,11?,12-,16-,18?,19?,20+/m0/s1. The lowest BCUT2D eigenvalue weighted by atomic mass is 9.51. The third-order valence-electron chi connectivity index (χ3n) is 8.81. The Morgan fingerprint density at radius 1 is 1.03 bits per heavy atom. The van der Waals surface area contributed by atoms with Crippen LogP contribution in [0.15, 0.2) is 0 Å². The minimum absolute atomic E-state index is 0.346. The zero-order valence-corrected chi connectivity index (χ0v) is 16.6. The van der Waals surface area contributed by atoms with Crippen LogP contribution in [0.4, 0.5) is 0 Å². The van der Waals surface area contributed by atoms with Crippen LogP contribution >= 0.6 is 0 Å². The van der Waals surface area contributed by atoms with Crippen LogP contribution in [-0.2, 0) is 33.3 Å². The van der Waals surface area contributed by atoms with Crippen LogP contribution in [0.3, 0.4) is 0 Å². The lowest BCUT2D eigenvalue weighted by Gasteiger charge is -2.47. The number of carbonyl (C=O) groups is 3. The van der Waals surface area contributed by atoms with Crippen molar-refractivity contribution < 1.29 is 43.5 Å². The summed E-state index contributed by atoms with van der Waals surface area (Å²) in [6.45, 7) is 7.56. The van der Waals surface area contributed by atoms with E-state index in [1.807, 2.05) is 20.8 Å². The van der Waals surface area contributed by atoms with E-state index in [0.717, 1.165) is 0 Å². The SMILES string of the molecule is C[C@@H]1C(=O)O[C@H]2C(O)C34[C@H]5CC(C(C)(C)C)C36[C@@H](OC(=O)[C@@H]6O)O[C@@]4(C(=O)O5)[C@@H]12. The highest BCUT2D eigenvalue weighted by Crippen LogP contribution is 2.83. The second-order valence-electron chi connectivity index (χ2n) is 10.5. The summed E-state index contributed by atoms with van der Waals surface area (Å²) in [5, 5.41) is 22.8. The topological polar surface area (TPSA) is 129 Å². The number of aliphatic hydroxyl groups is 2. The van der Waals surface area contributed by atoms with E-state index in [9.17, 15) is 24.6 Å². The van der Waals surface area contributed by atoms with Gasteiger partial charge < -0.3 is 29.2 Å². The van der Waals surface area contributed by atoms with E-state index in [1.54, 1.807) is 6.92 Å². The smallest absolute Gasteiger partial charge is 0.340 e. The lowest BCUT2D eigenvalue weighted by molar-refractivity contribution is -0.207. The lowest BCUT2D eigenvalue weighted by Crippen LogP contribution is -2.63. The van der Waals surface area contributed by atoms with Crippen molar-refractivity contribution in [3.8, 4) is 0 Å². The Labute approximate surface area is 166 Å². The van der Waals surface area contributed by atoms with Crippen LogP contribution in [0.1, 0.15) is 34.1 Å². The molecule has 4 unspecified atom stereocenters. The summed E-state index contributed by atoms with van der Waals surface area (Å²) in [6.07, 6.45) is -5.52. The summed E-state index contributed by atoms with van der Waals surface area (Å²) >= 11 is 0. The first-order valence-electron chi connectivity index (χ1n) is 10.1. The number of ether oxygens (including phenoxy) is 4. The van der Waals surface area contributed by atoms with Gasteiger partial charge in [-0.3, -0.25) is 4.79 Å². The molecule has 0 amide bonds. The van der Waals surface area contributed by atoms with Gasteiger partial charge >= 0.3 is 17.9 Å². The summed E-state index contributed by atoms with van der Waals surface area (Å²) < 4.78 is 23.0.